The van der Waals surface area contributed by atoms with Crippen LogP contribution in [0.4, 0.5) is 13.2 Å². The van der Waals surface area contributed by atoms with Crippen molar-refractivity contribution < 1.29 is 23.1 Å². The Morgan fingerprint density at radius 1 is 1.10 bits per heavy atom. The van der Waals surface area contributed by atoms with Gasteiger partial charge in [-0.3, -0.25) is 0 Å². The lowest BCUT2D eigenvalue weighted by Gasteiger charge is -2.08. The van der Waals surface area contributed by atoms with Crippen LogP contribution >= 0.6 is 11.8 Å². The number of rotatable bonds is 4. The minimum Gasteiger partial charge on any atom is -0.478 e. The number of carbonyl (C=O) groups is 1. The normalized spacial score (nSPS) is 11.4. The number of carboxylic acids is 1. The van der Waals surface area contributed by atoms with E-state index in [0.29, 0.717) is 10.6 Å². The average Bonchev–Trinajstić information content (AvgIpc) is 2.45. The number of alkyl halides is 3. The molecule has 0 aromatic heterocycles. The first kappa shape index (κ1) is 15.4. The highest BCUT2D eigenvalue weighted by molar-refractivity contribution is 7.98. The molecule has 2 rings (SSSR count). The third-order valence-corrected chi connectivity index (χ3v) is 3.81. The van der Waals surface area contributed by atoms with Crippen LogP contribution in [-0.2, 0) is 11.9 Å². The summed E-state index contributed by atoms with van der Waals surface area (Å²) in [6.07, 6.45) is -4.36. The summed E-state index contributed by atoms with van der Waals surface area (Å²) in [6.45, 7) is 0. The molecule has 6 heteroatoms. The Morgan fingerprint density at radius 3 is 2.48 bits per heavy atom. The van der Waals surface area contributed by atoms with Gasteiger partial charge in [0.05, 0.1) is 11.1 Å². The zero-order valence-electron chi connectivity index (χ0n) is 10.7. The van der Waals surface area contributed by atoms with Crippen molar-refractivity contribution in [3.8, 4) is 0 Å². The van der Waals surface area contributed by atoms with Crippen LogP contribution in [-0.4, -0.2) is 11.1 Å². The van der Waals surface area contributed by atoms with Crippen molar-refractivity contribution in [2.75, 3.05) is 0 Å². The maximum atomic E-state index is 12.6. The molecule has 2 nitrogen and oxygen atoms in total. The summed E-state index contributed by atoms with van der Waals surface area (Å²) in [5.74, 6) is -0.622. The molecule has 0 heterocycles. The van der Waals surface area contributed by atoms with E-state index < -0.39 is 17.7 Å². The minimum atomic E-state index is -4.36. The fourth-order valence-corrected chi connectivity index (χ4v) is 2.62. The molecule has 0 aliphatic rings. The van der Waals surface area contributed by atoms with Crippen LogP contribution in [0, 0.1) is 0 Å². The largest absolute Gasteiger partial charge is 0.478 e. The number of hydrogen-bond acceptors (Lipinski definition) is 2. The summed E-state index contributed by atoms with van der Waals surface area (Å²) in [6, 6.07) is 11.4. The van der Waals surface area contributed by atoms with Crippen molar-refractivity contribution in [3.05, 3.63) is 65.2 Å². The number of aromatic carboxylic acids is 1. The molecule has 0 saturated heterocycles. The van der Waals surface area contributed by atoms with Gasteiger partial charge in [0.1, 0.15) is 0 Å². The quantitative estimate of drug-likeness (QED) is 0.832. The highest BCUT2D eigenvalue weighted by Crippen LogP contribution is 2.32. The average molecular weight is 312 g/mol. The minimum absolute atomic E-state index is 0.164. The summed E-state index contributed by atoms with van der Waals surface area (Å²) in [7, 11) is 0. The van der Waals surface area contributed by atoms with E-state index in [1.165, 1.54) is 30.0 Å². The highest BCUT2D eigenvalue weighted by Gasteiger charge is 2.30. The smallest absolute Gasteiger partial charge is 0.416 e. The maximum absolute atomic E-state index is 12.6. The lowest BCUT2D eigenvalue weighted by Crippen LogP contribution is -2.04. The molecule has 1 N–H and O–H groups in total. The summed E-state index contributed by atoms with van der Waals surface area (Å²) in [5.41, 5.74) is 0.223. The van der Waals surface area contributed by atoms with Crippen molar-refractivity contribution in [3.63, 3.8) is 0 Å². The first-order valence-corrected chi connectivity index (χ1v) is 6.97. The van der Waals surface area contributed by atoms with Gasteiger partial charge in [-0.05, 0) is 35.9 Å². The van der Waals surface area contributed by atoms with Gasteiger partial charge in [-0.25, -0.2) is 4.79 Å². The van der Waals surface area contributed by atoms with E-state index in [1.807, 2.05) is 0 Å². The van der Waals surface area contributed by atoms with Gasteiger partial charge in [-0.1, -0.05) is 18.2 Å². The third kappa shape index (κ3) is 4.26. The molecule has 0 radical (unpaired) electrons. The van der Waals surface area contributed by atoms with Crippen molar-refractivity contribution in [1.29, 1.82) is 0 Å². The van der Waals surface area contributed by atoms with E-state index in [4.69, 9.17) is 5.11 Å². The van der Waals surface area contributed by atoms with Crippen LogP contribution < -0.4 is 0 Å². The summed E-state index contributed by atoms with van der Waals surface area (Å²) in [4.78, 5) is 11.3. The van der Waals surface area contributed by atoms with E-state index in [-0.39, 0.29) is 5.56 Å². The van der Waals surface area contributed by atoms with Crippen LogP contribution in [0.2, 0.25) is 0 Å². The molecule has 0 bridgehead atoms. The predicted molar refractivity (Wildman–Crippen MR) is 74.4 cm³/mol. The molecular weight excluding hydrogens is 301 g/mol. The molecule has 110 valence electrons. The van der Waals surface area contributed by atoms with Gasteiger partial charge in [-0.15, -0.1) is 11.8 Å². The second kappa shape index (κ2) is 6.22. The fraction of sp³-hybridized carbons (Fsp3) is 0.133. The Bertz CT molecular complexity index is 653. The monoisotopic (exact) mass is 312 g/mol. The van der Waals surface area contributed by atoms with Gasteiger partial charge in [0.15, 0.2) is 0 Å². The SMILES string of the molecule is O=C(O)c1cccc(CSc2cccc(C(F)(F)F)c2)c1. The molecule has 21 heavy (non-hydrogen) atoms. The predicted octanol–water partition coefficient (Wildman–Crippen LogP) is 4.70. The zero-order valence-corrected chi connectivity index (χ0v) is 11.5. The summed E-state index contributed by atoms with van der Waals surface area (Å²) >= 11 is 1.23. The van der Waals surface area contributed by atoms with Crippen molar-refractivity contribution in [1.82, 2.24) is 0 Å². The molecule has 2 aromatic rings. The van der Waals surface area contributed by atoms with Crippen molar-refractivity contribution in [2.24, 2.45) is 0 Å². The number of carboxylic acid groups (broad SMARTS) is 1. The fourth-order valence-electron chi connectivity index (χ4n) is 1.72. The zero-order chi connectivity index (χ0) is 15.5. The molecular formula is C15H11F3O2S. The third-order valence-electron chi connectivity index (χ3n) is 2.74. The van der Waals surface area contributed by atoms with E-state index in [2.05, 4.69) is 0 Å². The van der Waals surface area contributed by atoms with Gasteiger partial charge in [-0.2, -0.15) is 13.2 Å². The Balaban J connectivity index is 2.10. The van der Waals surface area contributed by atoms with Gasteiger partial charge in [0.2, 0.25) is 0 Å². The topological polar surface area (TPSA) is 37.3 Å². The van der Waals surface area contributed by atoms with E-state index in [0.717, 1.165) is 17.7 Å². The van der Waals surface area contributed by atoms with Crippen molar-refractivity contribution in [2.45, 2.75) is 16.8 Å². The van der Waals surface area contributed by atoms with Crippen LogP contribution in [0.5, 0.6) is 0 Å². The maximum Gasteiger partial charge on any atom is 0.416 e. The van der Waals surface area contributed by atoms with Gasteiger partial charge < -0.3 is 5.11 Å². The highest BCUT2D eigenvalue weighted by atomic mass is 32.2. The second-order valence-electron chi connectivity index (χ2n) is 4.32. The number of halogens is 3. The molecule has 0 aliphatic carbocycles. The lowest BCUT2D eigenvalue weighted by molar-refractivity contribution is -0.137. The van der Waals surface area contributed by atoms with Crippen LogP contribution in [0.3, 0.4) is 0 Å². The Labute approximate surface area is 123 Å². The van der Waals surface area contributed by atoms with E-state index >= 15 is 0 Å². The van der Waals surface area contributed by atoms with E-state index in [1.54, 1.807) is 18.2 Å². The molecule has 0 spiro atoms. The molecule has 0 atom stereocenters. The first-order valence-electron chi connectivity index (χ1n) is 5.98. The van der Waals surface area contributed by atoms with Crippen molar-refractivity contribution >= 4 is 17.7 Å². The molecule has 0 saturated carbocycles. The Morgan fingerprint density at radius 2 is 1.81 bits per heavy atom. The summed E-state index contributed by atoms with van der Waals surface area (Å²) < 4.78 is 37.8. The molecule has 2 aromatic carbocycles. The van der Waals surface area contributed by atoms with Crippen LogP contribution in [0.1, 0.15) is 21.5 Å². The number of thioether (sulfide) groups is 1. The number of hydrogen-bond donors (Lipinski definition) is 1. The van der Waals surface area contributed by atoms with Gasteiger partial charge in [0, 0.05) is 10.6 Å². The van der Waals surface area contributed by atoms with E-state index in [9.17, 15) is 18.0 Å². The van der Waals surface area contributed by atoms with Crippen LogP contribution in [0.25, 0.3) is 0 Å². The second-order valence-corrected chi connectivity index (χ2v) is 5.37. The Hall–Kier alpha value is -1.95. The molecule has 0 aliphatic heterocycles. The van der Waals surface area contributed by atoms with Gasteiger partial charge >= 0.3 is 12.1 Å². The van der Waals surface area contributed by atoms with Crippen LogP contribution in [0.15, 0.2) is 53.4 Å². The molecule has 0 amide bonds. The summed E-state index contributed by atoms with van der Waals surface area (Å²) in [5, 5.41) is 8.89. The van der Waals surface area contributed by atoms with Gasteiger partial charge in [0.25, 0.3) is 0 Å². The standard InChI is InChI=1S/C15H11F3O2S/c16-15(17,18)12-5-2-6-13(8-12)21-9-10-3-1-4-11(7-10)14(19)20/h1-8H,9H2,(H,19,20). The lowest BCUT2D eigenvalue weighted by atomic mass is 10.1. The Kier molecular flexibility index (Phi) is 4.57. The molecule has 0 fully saturated rings. The first-order chi connectivity index (χ1) is 9.86. The molecule has 0 unspecified atom stereocenters. The number of benzene rings is 2.